The molecule has 0 atom stereocenters. The maximum absolute atomic E-state index is 5.96. The van der Waals surface area contributed by atoms with Crippen molar-refractivity contribution in [1.82, 2.24) is 9.97 Å². The van der Waals surface area contributed by atoms with Crippen LogP contribution in [0.5, 0.6) is 0 Å². The maximum atomic E-state index is 5.96. The van der Waals surface area contributed by atoms with Crippen LogP contribution in [0.2, 0.25) is 0 Å². The molecule has 1 aromatic heterocycles. The highest BCUT2D eigenvalue weighted by atomic mass is 15.0. The number of nitrogen functional groups attached to an aromatic ring is 1. The van der Waals surface area contributed by atoms with Crippen molar-refractivity contribution in [3.05, 3.63) is 41.1 Å². The van der Waals surface area contributed by atoms with E-state index in [1.54, 1.807) is 0 Å². The topological polar surface area (TPSA) is 51.8 Å². The van der Waals surface area contributed by atoms with Crippen molar-refractivity contribution in [2.45, 2.75) is 27.2 Å². The van der Waals surface area contributed by atoms with E-state index in [4.69, 9.17) is 5.73 Å². The van der Waals surface area contributed by atoms with Crippen LogP contribution in [0, 0.1) is 13.8 Å². The van der Waals surface area contributed by atoms with Crippen LogP contribution in [0.25, 0.3) is 11.4 Å². The van der Waals surface area contributed by atoms with Gasteiger partial charge in [0.25, 0.3) is 0 Å². The molecule has 17 heavy (non-hydrogen) atoms. The van der Waals surface area contributed by atoms with Crippen molar-refractivity contribution in [3.63, 3.8) is 0 Å². The third-order valence-corrected chi connectivity index (χ3v) is 2.88. The molecule has 0 amide bonds. The quantitative estimate of drug-likeness (QED) is 0.858. The lowest BCUT2D eigenvalue weighted by molar-refractivity contribution is 1.01. The Labute approximate surface area is 102 Å². The fourth-order valence-electron chi connectivity index (χ4n) is 1.97. The lowest BCUT2D eigenvalue weighted by Crippen LogP contribution is -2.04. The maximum Gasteiger partial charge on any atom is 0.161 e. The standard InChI is InChI=1S/C14H17N3/c1-4-12-10(3)16-14(17-13(12)15)11-7-5-6-9(2)8-11/h5-8H,4H2,1-3H3,(H2,15,16,17). The number of hydrogen-bond acceptors (Lipinski definition) is 3. The van der Waals surface area contributed by atoms with E-state index in [-0.39, 0.29) is 0 Å². The fourth-order valence-corrected chi connectivity index (χ4v) is 1.97. The molecule has 2 N–H and O–H groups in total. The van der Waals surface area contributed by atoms with Crippen LogP contribution >= 0.6 is 0 Å². The molecular formula is C14H17N3. The van der Waals surface area contributed by atoms with Gasteiger partial charge in [0.15, 0.2) is 5.82 Å². The van der Waals surface area contributed by atoms with E-state index in [0.29, 0.717) is 11.6 Å². The second-order valence-corrected chi connectivity index (χ2v) is 4.22. The van der Waals surface area contributed by atoms with E-state index in [2.05, 4.69) is 35.9 Å². The van der Waals surface area contributed by atoms with Gasteiger partial charge in [0.2, 0.25) is 0 Å². The average Bonchev–Trinajstić information content (AvgIpc) is 2.28. The van der Waals surface area contributed by atoms with Gasteiger partial charge in [-0.25, -0.2) is 9.97 Å². The molecule has 0 unspecified atom stereocenters. The number of rotatable bonds is 2. The summed E-state index contributed by atoms with van der Waals surface area (Å²) in [5.74, 6) is 1.30. The molecule has 2 aromatic rings. The summed E-state index contributed by atoms with van der Waals surface area (Å²) in [6, 6.07) is 8.14. The molecule has 0 bridgehead atoms. The number of nitrogens with zero attached hydrogens (tertiary/aromatic N) is 2. The summed E-state index contributed by atoms with van der Waals surface area (Å²) >= 11 is 0. The highest BCUT2D eigenvalue weighted by Gasteiger charge is 2.08. The molecule has 0 saturated carbocycles. The van der Waals surface area contributed by atoms with Gasteiger partial charge in [-0.05, 0) is 26.3 Å². The molecule has 3 nitrogen and oxygen atoms in total. The van der Waals surface area contributed by atoms with Gasteiger partial charge in [-0.15, -0.1) is 0 Å². The molecule has 0 fully saturated rings. The highest BCUT2D eigenvalue weighted by Crippen LogP contribution is 2.21. The van der Waals surface area contributed by atoms with Crippen molar-refractivity contribution >= 4 is 5.82 Å². The number of hydrogen-bond donors (Lipinski definition) is 1. The number of anilines is 1. The van der Waals surface area contributed by atoms with Gasteiger partial charge < -0.3 is 5.73 Å². The molecule has 0 saturated heterocycles. The van der Waals surface area contributed by atoms with Crippen molar-refractivity contribution in [2.24, 2.45) is 0 Å². The van der Waals surface area contributed by atoms with E-state index in [1.165, 1.54) is 5.56 Å². The average molecular weight is 227 g/mol. The van der Waals surface area contributed by atoms with Crippen LogP contribution in [-0.2, 0) is 6.42 Å². The minimum Gasteiger partial charge on any atom is -0.383 e. The zero-order chi connectivity index (χ0) is 12.4. The molecule has 0 aliphatic heterocycles. The normalized spacial score (nSPS) is 10.5. The molecule has 0 aliphatic rings. The first-order chi connectivity index (χ1) is 8.11. The Kier molecular flexibility index (Phi) is 3.09. The van der Waals surface area contributed by atoms with Crippen LogP contribution in [0.1, 0.15) is 23.7 Å². The number of nitrogens with two attached hydrogens (primary N) is 1. The van der Waals surface area contributed by atoms with E-state index >= 15 is 0 Å². The SMILES string of the molecule is CCc1c(C)nc(-c2cccc(C)c2)nc1N. The van der Waals surface area contributed by atoms with Crippen molar-refractivity contribution in [3.8, 4) is 11.4 Å². The third-order valence-electron chi connectivity index (χ3n) is 2.88. The van der Waals surface area contributed by atoms with Crippen LogP contribution in [0.15, 0.2) is 24.3 Å². The molecule has 0 spiro atoms. The van der Waals surface area contributed by atoms with Gasteiger partial charge in [0.1, 0.15) is 5.82 Å². The Bertz CT molecular complexity index is 524. The van der Waals surface area contributed by atoms with E-state index < -0.39 is 0 Å². The van der Waals surface area contributed by atoms with Gasteiger partial charge in [-0.2, -0.15) is 0 Å². The summed E-state index contributed by atoms with van der Waals surface area (Å²) in [6.45, 7) is 6.10. The van der Waals surface area contributed by atoms with Gasteiger partial charge >= 0.3 is 0 Å². The largest absolute Gasteiger partial charge is 0.383 e. The summed E-state index contributed by atoms with van der Waals surface area (Å²) in [6.07, 6.45) is 0.867. The second kappa shape index (κ2) is 4.53. The second-order valence-electron chi connectivity index (χ2n) is 4.22. The predicted octanol–water partition coefficient (Wildman–Crippen LogP) is 2.91. The first kappa shape index (κ1) is 11.6. The first-order valence-corrected chi connectivity index (χ1v) is 5.82. The van der Waals surface area contributed by atoms with E-state index in [9.17, 15) is 0 Å². The van der Waals surface area contributed by atoms with Gasteiger partial charge in [-0.1, -0.05) is 30.7 Å². The van der Waals surface area contributed by atoms with Crippen molar-refractivity contribution < 1.29 is 0 Å². The first-order valence-electron chi connectivity index (χ1n) is 5.82. The van der Waals surface area contributed by atoms with Crippen molar-refractivity contribution in [1.29, 1.82) is 0 Å². The van der Waals surface area contributed by atoms with Gasteiger partial charge in [0, 0.05) is 16.8 Å². The summed E-state index contributed by atoms with van der Waals surface area (Å²) in [5, 5.41) is 0. The summed E-state index contributed by atoms with van der Waals surface area (Å²) in [4.78, 5) is 8.91. The Morgan fingerprint density at radius 1 is 1.18 bits per heavy atom. The lowest BCUT2D eigenvalue weighted by atomic mass is 10.1. The molecule has 88 valence electrons. The number of aryl methyl sites for hydroxylation is 2. The van der Waals surface area contributed by atoms with Gasteiger partial charge in [-0.3, -0.25) is 0 Å². The Balaban J connectivity index is 2.54. The Morgan fingerprint density at radius 2 is 1.94 bits per heavy atom. The molecule has 3 heteroatoms. The number of benzene rings is 1. The monoisotopic (exact) mass is 227 g/mol. The van der Waals surface area contributed by atoms with Crippen molar-refractivity contribution in [2.75, 3.05) is 5.73 Å². The zero-order valence-electron chi connectivity index (χ0n) is 10.5. The predicted molar refractivity (Wildman–Crippen MR) is 70.7 cm³/mol. The third kappa shape index (κ3) is 2.28. The summed E-state index contributed by atoms with van der Waals surface area (Å²) in [7, 11) is 0. The molecule has 2 rings (SSSR count). The minimum absolute atomic E-state index is 0.594. The minimum atomic E-state index is 0.594. The number of aromatic nitrogens is 2. The summed E-state index contributed by atoms with van der Waals surface area (Å²) in [5.41, 5.74) is 10.2. The fraction of sp³-hybridized carbons (Fsp3) is 0.286. The molecule has 1 aromatic carbocycles. The Hall–Kier alpha value is -1.90. The smallest absolute Gasteiger partial charge is 0.161 e. The molecule has 0 aliphatic carbocycles. The zero-order valence-corrected chi connectivity index (χ0v) is 10.5. The molecule has 0 radical (unpaired) electrons. The van der Waals surface area contributed by atoms with E-state index in [0.717, 1.165) is 23.2 Å². The van der Waals surface area contributed by atoms with E-state index in [1.807, 2.05) is 19.1 Å². The lowest BCUT2D eigenvalue weighted by Gasteiger charge is -2.09. The molecule has 1 heterocycles. The van der Waals surface area contributed by atoms with Crippen LogP contribution < -0.4 is 5.73 Å². The van der Waals surface area contributed by atoms with Crippen LogP contribution in [-0.4, -0.2) is 9.97 Å². The Morgan fingerprint density at radius 3 is 2.53 bits per heavy atom. The van der Waals surface area contributed by atoms with Crippen LogP contribution in [0.3, 0.4) is 0 Å². The molecular weight excluding hydrogens is 210 g/mol. The van der Waals surface area contributed by atoms with Crippen LogP contribution in [0.4, 0.5) is 5.82 Å². The van der Waals surface area contributed by atoms with Gasteiger partial charge in [0.05, 0.1) is 0 Å². The highest BCUT2D eigenvalue weighted by molar-refractivity contribution is 5.59. The summed E-state index contributed by atoms with van der Waals surface area (Å²) < 4.78 is 0.